The molecule has 0 aliphatic carbocycles. The molecule has 0 spiro atoms. The van der Waals surface area contributed by atoms with Crippen LogP contribution < -0.4 is 5.73 Å². The fourth-order valence-electron chi connectivity index (χ4n) is 2.20. The van der Waals surface area contributed by atoms with Gasteiger partial charge >= 0.3 is 0 Å². The highest BCUT2D eigenvalue weighted by atomic mass is 19.1. The first kappa shape index (κ1) is 12.3. The van der Waals surface area contributed by atoms with E-state index in [1.165, 1.54) is 0 Å². The van der Waals surface area contributed by atoms with Gasteiger partial charge in [-0.05, 0) is 36.2 Å². The highest BCUT2D eigenvalue weighted by Crippen LogP contribution is 2.35. The number of hydrogen-bond donors (Lipinski definition) is 2. The lowest BCUT2D eigenvalue weighted by Gasteiger charge is -2.07. The predicted molar refractivity (Wildman–Crippen MR) is 76.4 cm³/mol. The Balaban J connectivity index is 2.24. The maximum Gasteiger partial charge on any atom is 0.153 e. The van der Waals surface area contributed by atoms with Crippen LogP contribution in [0.4, 0.5) is 10.2 Å². The molecule has 0 radical (unpaired) electrons. The minimum absolute atomic E-state index is 0.272. The summed E-state index contributed by atoms with van der Waals surface area (Å²) in [6.07, 6.45) is 3.33. The summed E-state index contributed by atoms with van der Waals surface area (Å²) in [4.78, 5) is 3.97. The molecule has 5 heteroatoms. The van der Waals surface area contributed by atoms with Crippen LogP contribution in [0.2, 0.25) is 0 Å². The van der Waals surface area contributed by atoms with Crippen molar-refractivity contribution in [3.8, 4) is 22.4 Å². The smallest absolute Gasteiger partial charge is 0.153 e. The zero-order chi connectivity index (χ0) is 14.1. The average Bonchev–Trinajstić information content (AvgIpc) is 2.84. The minimum atomic E-state index is -0.272. The maximum absolute atomic E-state index is 14.3. The standard InChI is InChI=1S/C15H13FN4/c1-9-3-2-4-11(13(9)16)14-12(15(17)20-19-14)10-5-7-18-8-6-10/h2-8H,1H3,(H3,17,19,20). The van der Waals surface area contributed by atoms with E-state index in [1.54, 1.807) is 37.5 Å². The molecule has 20 heavy (non-hydrogen) atoms. The Bertz CT molecular complexity index is 750. The number of pyridine rings is 1. The molecule has 1 aromatic carbocycles. The maximum atomic E-state index is 14.3. The Hall–Kier alpha value is -2.69. The number of nitrogens with two attached hydrogens (primary N) is 1. The zero-order valence-corrected chi connectivity index (χ0v) is 10.9. The number of hydrogen-bond acceptors (Lipinski definition) is 3. The monoisotopic (exact) mass is 268 g/mol. The Morgan fingerprint density at radius 2 is 1.90 bits per heavy atom. The van der Waals surface area contributed by atoms with Gasteiger partial charge < -0.3 is 5.73 Å². The lowest BCUT2D eigenvalue weighted by Crippen LogP contribution is -1.92. The first-order valence-electron chi connectivity index (χ1n) is 6.18. The van der Waals surface area contributed by atoms with Gasteiger partial charge in [0.1, 0.15) is 5.82 Å². The molecule has 100 valence electrons. The highest BCUT2D eigenvalue weighted by molar-refractivity contribution is 5.87. The van der Waals surface area contributed by atoms with Crippen molar-refractivity contribution in [2.45, 2.75) is 6.92 Å². The summed E-state index contributed by atoms with van der Waals surface area (Å²) >= 11 is 0. The Labute approximate surface area is 115 Å². The lowest BCUT2D eigenvalue weighted by molar-refractivity contribution is 0.621. The number of aryl methyl sites for hydroxylation is 1. The number of benzene rings is 1. The second-order valence-electron chi connectivity index (χ2n) is 4.53. The van der Waals surface area contributed by atoms with Crippen LogP contribution in [0, 0.1) is 12.7 Å². The number of nitrogen functional groups attached to an aromatic ring is 1. The van der Waals surface area contributed by atoms with Gasteiger partial charge in [0, 0.05) is 18.0 Å². The lowest BCUT2D eigenvalue weighted by atomic mass is 10.00. The van der Waals surface area contributed by atoms with Gasteiger partial charge in [-0.15, -0.1) is 0 Å². The second-order valence-corrected chi connectivity index (χ2v) is 4.53. The van der Waals surface area contributed by atoms with Crippen LogP contribution in [-0.2, 0) is 0 Å². The summed E-state index contributed by atoms with van der Waals surface area (Å²) < 4.78 is 14.3. The largest absolute Gasteiger partial charge is 0.382 e. The summed E-state index contributed by atoms with van der Waals surface area (Å²) in [6, 6.07) is 8.88. The molecule has 3 aromatic rings. The first-order valence-corrected chi connectivity index (χ1v) is 6.18. The number of anilines is 1. The fraction of sp³-hybridized carbons (Fsp3) is 0.0667. The normalized spacial score (nSPS) is 10.7. The molecule has 2 heterocycles. The predicted octanol–water partition coefficient (Wildman–Crippen LogP) is 3.17. The molecule has 4 nitrogen and oxygen atoms in total. The van der Waals surface area contributed by atoms with Crippen LogP contribution in [0.3, 0.4) is 0 Å². The molecule has 0 fully saturated rings. The molecule has 3 rings (SSSR count). The van der Waals surface area contributed by atoms with Crippen LogP contribution in [-0.4, -0.2) is 15.2 Å². The van der Waals surface area contributed by atoms with Gasteiger partial charge in [0.2, 0.25) is 0 Å². The third-order valence-corrected chi connectivity index (χ3v) is 3.22. The van der Waals surface area contributed by atoms with Crippen molar-refractivity contribution < 1.29 is 4.39 Å². The van der Waals surface area contributed by atoms with E-state index in [0.29, 0.717) is 28.2 Å². The second kappa shape index (κ2) is 4.77. The number of nitrogens with zero attached hydrogens (tertiary/aromatic N) is 2. The Morgan fingerprint density at radius 3 is 2.65 bits per heavy atom. The van der Waals surface area contributed by atoms with Crippen molar-refractivity contribution in [3.63, 3.8) is 0 Å². The molecule has 0 bridgehead atoms. The van der Waals surface area contributed by atoms with Crippen molar-refractivity contribution in [1.82, 2.24) is 15.2 Å². The van der Waals surface area contributed by atoms with Gasteiger partial charge in [-0.25, -0.2) is 4.39 Å². The zero-order valence-electron chi connectivity index (χ0n) is 10.9. The summed E-state index contributed by atoms with van der Waals surface area (Å²) in [7, 11) is 0. The van der Waals surface area contributed by atoms with E-state index in [-0.39, 0.29) is 5.82 Å². The van der Waals surface area contributed by atoms with Crippen molar-refractivity contribution >= 4 is 5.82 Å². The summed E-state index contributed by atoms with van der Waals surface area (Å²) in [5.41, 5.74) is 9.07. The summed E-state index contributed by atoms with van der Waals surface area (Å²) in [5, 5.41) is 6.83. The van der Waals surface area contributed by atoms with Gasteiger partial charge in [-0.2, -0.15) is 5.10 Å². The van der Waals surface area contributed by atoms with E-state index in [4.69, 9.17) is 5.73 Å². The number of rotatable bonds is 2. The Morgan fingerprint density at radius 1 is 1.15 bits per heavy atom. The van der Waals surface area contributed by atoms with Crippen LogP contribution in [0.1, 0.15) is 5.56 Å². The van der Waals surface area contributed by atoms with E-state index < -0.39 is 0 Å². The Kier molecular flexibility index (Phi) is 2.95. The van der Waals surface area contributed by atoms with Gasteiger partial charge in [0.15, 0.2) is 5.82 Å². The van der Waals surface area contributed by atoms with Crippen LogP contribution >= 0.6 is 0 Å². The number of H-pyrrole nitrogens is 1. The highest BCUT2D eigenvalue weighted by Gasteiger charge is 2.18. The summed E-state index contributed by atoms with van der Waals surface area (Å²) in [6.45, 7) is 1.73. The number of halogens is 1. The number of aromatic amines is 1. The summed E-state index contributed by atoms with van der Waals surface area (Å²) in [5.74, 6) is 0.0681. The number of aromatic nitrogens is 3. The molecule has 0 amide bonds. The first-order chi connectivity index (χ1) is 9.68. The van der Waals surface area contributed by atoms with E-state index in [2.05, 4.69) is 15.2 Å². The topological polar surface area (TPSA) is 67.6 Å². The van der Waals surface area contributed by atoms with Gasteiger partial charge in [0.05, 0.1) is 11.3 Å². The van der Waals surface area contributed by atoms with Crippen LogP contribution in [0.25, 0.3) is 22.4 Å². The van der Waals surface area contributed by atoms with Crippen molar-refractivity contribution in [2.24, 2.45) is 0 Å². The number of nitrogens with one attached hydrogen (secondary N) is 1. The van der Waals surface area contributed by atoms with Crippen LogP contribution in [0.5, 0.6) is 0 Å². The molecule has 0 atom stereocenters. The van der Waals surface area contributed by atoms with Crippen LogP contribution in [0.15, 0.2) is 42.7 Å². The molecule has 0 saturated carbocycles. The molecule has 0 aliphatic rings. The minimum Gasteiger partial charge on any atom is -0.382 e. The van der Waals surface area contributed by atoms with Gasteiger partial charge in [0.25, 0.3) is 0 Å². The van der Waals surface area contributed by atoms with Gasteiger partial charge in [-0.3, -0.25) is 10.1 Å². The fourth-order valence-corrected chi connectivity index (χ4v) is 2.20. The third kappa shape index (κ3) is 1.93. The molecule has 3 N–H and O–H groups in total. The van der Waals surface area contributed by atoms with E-state index in [9.17, 15) is 4.39 Å². The molecule has 0 saturated heterocycles. The molecule has 0 aliphatic heterocycles. The van der Waals surface area contributed by atoms with E-state index in [0.717, 1.165) is 5.56 Å². The quantitative estimate of drug-likeness (QED) is 0.750. The van der Waals surface area contributed by atoms with Gasteiger partial charge in [-0.1, -0.05) is 12.1 Å². The molecular formula is C15H13FN4. The molecule has 2 aromatic heterocycles. The average molecular weight is 268 g/mol. The third-order valence-electron chi connectivity index (χ3n) is 3.22. The SMILES string of the molecule is Cc1cccc(-c2[nH]nc(N)c2-c2ccncc2)c1F. The van der Waals surface area contributed by atoms with Crippen molar-refractivity contribution in [2.75, 3.05) is 5.73 Å². The van der Waals surface area contributed by atoms with Crippen molar-refractivity contribution in [1.29, 1.82) is 0 Å². The molecule has 0 unspecified atom stereocenters. The molecular weight excluding hydrogens is 255 g/mol. The van der Waals surface area contributed by atoms with Crippen molar-refractivity contribution in [3.05, 3.63) is 54.1 Å². The van der Waals surface area contributed by atoms with E-state index >= 15 is 0 Å². The van der Waals surface area contributed by atoms with E-state index in [1.807, 2.05) is 12.1 Å².